The molecule has 0 spiro atoms. The number of benzene rings is 2. The van der Waals surface area contributed by atoms with Crippen LogP contribution in [0.1, 0.15) is 4.88 Å². The van der Waals surface area contributed by atoms with Crippen molar-refractivity contribution >= 4 is 27.5 Å². The van der Waals surface area contributed by atoms with E-state index in [1.54, 1.807) is 0 Å². The van der Waals surface area contributed by atoms with Crippen LogP contribution in [0.15, 0.2) is 60.7 Å². The Kier molecular flexibility index (Phi) is 4.18. The highest BCUT2D eigenvalue weighted by molar-refractivity contribution is 7.20. The largest absolute Gasteiger partial charge is 0.306 e. The lowest BCUT2D eigenvalue weighted by molar-refractivity contribution is 0.457. The van der Waals surface area contributed by atoms with Crippen molar-refractivity contribution in [3.8, 4) is 11.1 Å². The summed E-state index contributed by atoms with van der Waals surface area (Å²) in [6, 6.07) is 19.3. The molecule has 0 unspecified atom stereocenters. The van der Waals surface area contributed by atoms with Gasteiger partial charge in [-0.25, -0.2) is 0 Å². The molecule has 0 aliphatic carbocycles. The second-order valence-corrected chi connectivity index (χ2v) is 6.45. The zero-order chi connectivity index (χ0) is 14.7. The highest BCUT2D eigenvalue weighted by Gasteiger charge is 2.11. The van der Waals surface area contributed by atoms with Crippen molar-refractivity contribution in [1.29, 1.82) is 0 Å². The summed E-state index contributed by atoms with van der Waals surface area (Å²) >= 11 is 1.87. The molecule has 3 rings (SSSR count). The summed E-state index contributed by atoms with van der Waals surface area (Å²) in [6.07, 6.45) is 4.49. The quantitative estimate of drug-likeness (QED) is 0.643. The van der Waals surface area contributed by atoms with Crippen molar-refractivity contribution in [3.63, 3.8) is 0 Å². The van der Waals surface area contributed by atoms with Crippen LogP contribution in [0.2, 0.25) is 0 Å². The van der Waals surface area contributed by atoms with Crippen molar-refractivity contribution in [2.45, 2.75) is 0 Å². The van der Waals surface area contributed by atoms with Crippen LogP contribution in [0.4, 0.5) is 0 Å². The van der Waals surface area contributed by atoms with Crippen LogP contribution in [0, 0.1) is 0 Å². The number of rotatable bonds is 4. The van der Waals surface area contributed by atoms with Crippen LogP contribution >= 0.6 is 11.3 Å². The van der Waals surface area contributed by atoms with Crippen LogP contribution in [0.25, 0.3) is 27.3 Å². The zero-order valence-electron chi connectivity index (χ0n) is 12.4. The van der Waals surface area contributed by atoms with Crippen molar-refractivity contribution in [3.05, 3.63) is 65.6 Å². The first-order valence-electron chi connectivity index (χ1n) is 7.14. The van der Waals surface area contributed by atoms with Gasteiger partial charge in [0.25, 0.3) is 0 Å². The summed E-state index contributed by atoms with van der Waals surface area (Å²) in [5.74, 6) is 0. The number of likely N-dealkylation sites (N-methyl/N-ethyl adjacent to an activating group) is 1. The van der Waals surface area contributed by atoms with Gasteiger partial charge in [-0.1, -0.05) is 54.6 Å². The molecule has 0 saturated heterocycles. The van der Waals surface area contributed by atoms with Crippen LogP contribution < -0.4 is 0 Å². The molecule has 3 aromatic rings. The molecule has 1 heterocycles. The molecule has 0 aliphatic rings. The molecule has 106 valence electrons. The smallest absolute Gasteiger partial charge is 0.0358 e. The third kappa shape index (κ3) is 3.07. The van der Waals surface area contributed by atoms with Gasteiger partial charge in [-0.15, -0.1) is 11.3 Å². The van der Waals surface area contributed by atoms with E-state index in [1.165, 1.54) is 26.1 Å². The van der Waals surface area contributed by atoms with Gasteiger partial charge in [0.15, 0.2) is 0 Å². The minimum atomic E-state index is 0.961. The molecule has 21 heavy (non-hydrogen) atoms. The molecule has 0 aliphatic heterocycles. The Balaban J connectivity index is 2.13. The Labute approximate surface area is 130 Å². The van der Waals surface area contributed by atoms with E-state index in [1.807, 2.05) is 11.3 Å². The maximum Gasteiger partial charge on any atom is 0.0358 e. The first kappa shape index (κ1) is 14.1. The molecule has 0 fully saturated rings. The first-order valence-corrected chi connectivity index (χ1v) is 7.95. The number of fused-ring (bicyclic) bond motifs is 1. The second kappa shape index (κ2) is 6.25. The van der Waals surface area contributed by atoms with Gasteiger partial charge in [0, 0.05) is 27.1 Å². The number of nitrogens with zero attached hydrogens (tertiary/aromatic N) is 1. The third-order valence-corrected chi connectivity index (χ3v) is 4.56. The molecule has 1 aromatic heterocycles. The lowest BCUT2D eigenvalue weighted by Gasteiger charge is -2.04. The maximum absolute atomic E-state index is 2.26. The Bertz CT molecular complexity index is 754. The summed E-state index contributed by atoms with van der Waals surface area (Å²) < 4.78 is 1.35. The monoisotopic (exact) mass is 293 g/mol. The van der Waals surface area contributed by atoms with Gasteiger partial charge in [-0.3, -0.25) is 0 Å². The molecule has 0 N–H and O–H groups in total. The summed E-state index contributed by atoms with van der Waals surface area (Å²) in [7, 11) is 4.18. The van der Waals surface area contributed by atoms with E-state index in [0.29, 0.717) is 0 Å². The summed E-state index contributed by atoms with van der Waals surface area (Å²) in [6.45, 7) is 0.961. The molecule has 2 aromatic carbocycles. The standard InChI is InChI=1S/C19H19NS/c1-20(2)14-8-13-18-19(15-9-4-3-5-10-15)16-11-6-7-12-17(16)21-18/h3-13H,14H2,1-2H3/b13-8+. The van der Waals surface area contributed by atoms with Crippen molar-refractivity contribution < 1.29 is 0 Å². The Morgan fingerprint density at radius 2 is 1.67 bits per heavy atom. The minimum Gasteiger partial charge on any atom is -0.306 e. The fourth-order valence-corrected chi connectivity index (χ4v) is 3.61. The van der Waals surface area contributed by atoms with Gasteiger partial charge in [0.05, 0.1) is 0 Å². The first-order chi connectivity index (χ1) is 10.3. The van der Waals surface area contributed by atoms with E-state index in [-0.39, 0.29) is 0 Å². The van der Waals surface area contributed by atoms with Gasteiger partial charge in [0.2, 0.25) is 0 Å². The highest BCUT2D eigenvalue weighted by atomic mass is 32.1. The molecular weight excluding hydrogens is 274 g/mol. The lowest BCUT2D eigenvalue weighted by Crippen LogP contribution is -2.10. The molecular formula is C19H19NS. The SMILES string of the molecule is CN(C)C/C=C/c1sc2ccccc2c1-c1ccccc1. The molecule has 0 saturated carbocycles. The minimum absolute atomic E-state index is 0.961. The number of hydrogen-bond donors (Lipinski definition) is 0. The van der Waals surface area contributed by atoms with Gasteiger partial charge in [-0.05, 0) is 31.8 Å². The fourth-order valence-electron chi connectivity index (χ4n) is 2.45. The Hall–Kier alpha value is -1.90. The molecule has 1 nitrogen and oxygen atoms in total. The van der Waals surface area contributed by atoms with E-state index < -0.39 is 0 Å². The number of thiophene rings is 1. The average Bonchev–Trinajstić information content (AvgIpc) is 2.86. The summed E-state index contributed by atoms with van der Waals surface area (Å²) in [4.78, 5) is 3.51. The van der Waals surface area contributed by atoms with E-state index in [0.717, 1.165) is 6.54 Å². The predicted molar refractivity (Wildman–Crippen MR) is 94.8 cm³/mol. The summed E-state index contributed by atoms with van der Waals surface area (Å²) in [5.41, 5.74) is 2.64. The highest BCUT2D eigenvalue weighted by Crippen LogP contribution is 2.39. The van der Waals surface area contributed by atoms with Crippen molar-refractivity contribution in [2.75, 3.05) is 20.6 Å². The summed E-state index contributed by atoms with van der Waals surface area (Å²) in [5, 5.41) is 1.35. The van der Waals surface area contributed by atoms with E-state index in [2.05, 4.69) is 85.7 Å². The van der Waals surface area contributed by atoms with Crippen molar-refractivity contribution in [2.24, 2.45) is 0 Å². The van der Waals surface area contributed by atoms with Crippen LogP contribution in [0.3, 0.4) is 0 Å². The molecule has 0 radical (unpaired) electrons. The Morgan fingerprint density at radius 1 is 0.952 bits per heavy atom. The van der Waals surface area contributed by atoms with Gasteiger partial charge in [-0.2, -0.15) is 0 Å². The topological polar surface area (TPSA) is 3.24 Å². The van der Waals surface area contributed by atoms with Gasteiger partial charge >= 0.3 is 0 Å². The van der Waals surface area contributed by atoms with Crippen molar-refractivity contribution in [1.82, 2.24) is 4.90 Å². The van der Waals surface area contributed by atoms with Gasteiger partial charge < -0.3 is 4.90 Å². The van der Waals surface area contributed by atoms with Gasteiger partial charge in [0.1, 0.15) is 0 Å². The normalized spacial score (nSPS) is 11.8. The average molecular weight is 293 g/mol. The number of hydrogen-bond acceptors (Lipinski definition) is 2. The molecule has 0 bridgehead atoms. The molecule has 0 amide bonds. The maximum atomic E-state index is 2.26. The second-order valence-electron chi connectivity index (χ2n) is 5.37. The van der Waals surface area contributed by atoms with Crippen LogP contribution in [-0.2, 0) is 0 Å². The lowest BCUT2D eigenvalue weighted by atomic mass is 10.0. The third-order valence-electron chi connectivity index (χ3n) is 3.42. The van der Waals surface area contributed by atoms with Crippen LogP contribution in [-0.4, -0.2) is 25.5 Å². The zero-order valence-corrected chi connectivity index (χ0v) is 13.2. The van der Waals surface area contributed by atoms with Crippen LogP contribution in [0.5, 0.6) is 0 Å². The molecule has 2 heteroatoms. The van der Waals surface area contributed by atoms with E-state index in [9.17, 15) is 0 Å². The van der Waals surface area contributed by atoms with E-state index >= 15 is 0 Å². The van der Waals surface area contributed by atoms with E-state index in [4.69, 9.17) is 0 Å². The predicted octanol–water partition coefficient (Wildman–Crippen LogP) is 5.14. The molecule has 0 atom stereocenters. The Morgan fingerprint density at radius 3 is 2.43 bits per heavy atom. The fraction of sp³-hybridized carbons (Fsp3) is 0.158.